The van der Waals surface area contributed by atoms with Crippen molar-refractivity contribution in [2.24, 2.45) is 5.41 Å². The number of benzene rings is 1. The molecule has 24 heavy (non-hydrogen) atoms. The van der Waals surface area contributed by atoms with Crippen LogP contribution in [0.3, 0.4) is 0 Å². The summed E-state index contributed by atoms with van der Waals surface area (Å²) < 4.78 is 11.3. The molecule has 2 aliphatic rings. The van der Waals surface area contributed by atoms with Gasteiger partial charge in [-0.25, -0.2) is 0 Å². The normalized spacial score (nSPS) is 26.2. The summed E-state index contributed by atoms with van der Waals surface area (Å²) in [6, 6.07) is 8.19. The summed E-state index contributed by atoms with van der Waals surface area (Å²) in [5.41, 5.74) is 1.79. The Morgan fingerprint density at radius 2 is 2.00 bits per heavy atom. The van der Waals surface area contributed by atoms with Gasteiger partial charge in [-0.3, -0.25) is 4.90 Å². The Labute approximate surface area is 145 Å². The van der Waals surface area contributed by atoms with E-state index in [1.807, 2.05) is 12.1 Å². The van der Waals surface area contributed by atoms with Crippen LogP contribution >= 0.6 is 0 Å². The molecule has 1 N–H and O–H groups in total. The van der Waals surface area contributed by atoms with Crippen LogP contribution < -0.4 is 4.74 Å². The molecule has 2 aliphatic heterocycles. The monoisotopic (exact) mass is 333 g/mol. The molecule has 3 rings (SSSR count). The molecule has 0 bridgehead atoms. The predicted molar refractivity (Wildman–Crippen MR) is 95.6 cm³/mol. The molecule has 2 atom stereocenters. The zero-order chi connectivity index (χ0) is 17.2. The van der Waals surface area contributed by atoms with Crippen molar-refractivity contribution in [3.63, 3.8) is 0 Å². The molecule has 4 nitrogen and oxygen atoms in total. The van der Waals surface area contributed by atoms with Crippen LogP contribution in [-0.4, -0.2) is 55.6 Å². The van der Waals surface area contributed by atoms with Gasteiger partial charge in [0.2, 0.25) is 0 Å². The second-order valence-electron chi connectivity index (χ2n) is 8.53. The molecule has 2 unspecified atom stereocenters. The molecule has 0 radical (unpaired) electrons. The van der Waals surface area contributed by atoms with E-state index < -0.39 is 6.10 Å². The maximum Gasteiger partial charge on any atom is 0.119 e. The molecule has 0 aromatic heterocycles. The largest absolute Gasteiger partial charge is 0.491 e. The Morgan fingerprint density at radius 3 is 2.62 bits per heavy atom. The number of ether oxygens (including phenoxy) is 2. The van der Waals surface area contributed by atoms with Gasteiger partial charge in [-0.15, -0.1) is 0 Å². The predicted octanol–water partition coefficient (Wildman–Crippen LogP) is 2.84. The van der Waals surface area contributed by atoms with Crippen LogP contribution in [0, 0.1) is 5.41 Å². The van der Waals surface area contributed by atoms with Crippen molar-refractivity contribution in [2.75, 3.05) is 39.5 Å². The van der Waals surface area contributed by atoms with E-state index in [4.69, 9.17) is 9.47 Å². The highest BCUT2D eigenvalue weighted by molar-refractivity contribution is 5.31. The van der Waals surface area contributed by atoms with Gasteiger partial charge in [-0.05, 0) is 42.5 Å². The number of β-amino-alcohol motifs (C(OH)–C–C–N with tert-alkyl or cyclic N) is 1. The van der Waals surface area contributed by atoms with Gasteiger partial charge < -0.3 is 14.6 Å². The molecule has 1 aromatic rings. The van der Waals surface area contributed by atoms with Gasteiger partial charge >= 0.3 is 0 Å². The Hall–Kier alpha value is -1.10. The van der Waals surface area contributed by atoms with Gasteiger partial charge in [0.15, 0.2) is 0 Å². The van der Waals surface area contributed by atoms with Gasteiger partial charge in [0.05, 0.1) is 6.61 Å². The Morgan fingerprint density at radius 1 is 1.25 bits per heavy atom. The van der Waals surface area contributed by atoms with Crippen molar-refractivity contribution >= 4 is 0 Å². The van der Waals surface area contributed by atoms with Crippen molar-refractivity contribution in [1.82, 2.24) is 4.90 Å². The molecule has 2 saturated heterocycles. The minimum absolute atomic E-state index is 0.147. The molecule has 0 saturated carbocycles. The third-order valence-electron chi connectivity index (χ3n) is 5.33. The number of hydrogen-bond donors (Lipinski definition) is 1. The van der Waals surface area contributed by atoms with Crippen LogP contribution in [-0.2, 0) is 10.2 Å². The molecule has 2 heterocycles. The van der Waals surface area contributed by atoms with E-state index in [9.17, 15) is 5.11 Å². The summed E-state index contributed by atoms with van der Waals surface area (Å²) in [7, 11) is 0. The van der Waals surface area contributed by atoms with Gasteiger partial charge in [0.25, 0.3) is 0 Å². The molecule has 1 aromatic carbocycles. The molecule has 134 valence electrons. The summed E-state index contributed by atoms with van der Waals surface area (Å²) >= 11 is 0. The van der Waals surface area contributed by atoms with E-state index in [0.717, 1.165) is 38.5 Å². The van der Waals surface area contributed by atoms with E-state index in [-0.39, 0.29) is 5.41 Å². The second kappa shape index (κ2) is 7.03. The maximum absolute atomic E-state index is 10.3. The van der Waals surface area contributed by atoms with Crippen molar-refractivity contribution < 1.29 is 14.6 Å². The SMILES string of the molecule is CC(C)(C)c1ccc(OCC(O)CN2CCC3(CCOC3)C2)cc1. The average molecular weight is 333 g/mol. The topological polar surface area (TPSA) is 41.9 Å². The highest BCUT2D eigenvalue weighted by Gasteiger charge is 2.41. The van der Waals surface area contributed by atoms with E-state index in [2.05, 4.69) is 37.8 Å². The molecular weight excluding hydrogens is 302 g/mol. The van der Waals surface area contributed by atoms with Crippen LogP contribution in [0.2, 0.25) is 0 Å². The van der Waals surface area contributed by atoms with Crippen LogP contribution in [0.15, 0.2) is 24.3 Å². The lowest BCUT2D eigenvalue weighted by Gasteiger charge is -2.24. The molecule has 2 fully saturated rings. The second-order valence-corrected chi connectivity index (χ2v) is 8.53. The first-order chi connectivity index (χ1) is 11.4. The van der Waals surface area contributed by atoms with Crippen molar-refractivity contribution in [3.05, 3.63) is 29.8 Å². The van der Waals surface area contributed by atoms with Crippen molar-refractivity contribution in [1.29, 1.82) is 0 Å². The Kier molecular flexibility index (Phi) is 5.19. The number of rotatable bonds is 5. The van der Waals surface area contributed by atoms with E-state index >= 15 is 0 Å². The van der Waals surface area contributed by atoms with Crippen LogP contribution in [0.4, 0.5) is 0 Å². The highest BCUT2D eigenvalue weighted by Crippen LogP contribution is 2.38. The number of likely N-dealkylation sites (tertiary alicyclic amines) is 1. The van der Waals surface area contributed by atoms with Gasteiger partial charge in [0.1, 0.15) is 18.5 Å². The van der Waals surface area contributed by atoms with Crippen LogP contribution in [0.1, 0.15) is 39.2 Å². The zero-order valence-corrected chi connectivity index (χ0v) is 15.3. The van der Waals surface area contributed by atoms with E-state index in [0.29, 0.717) is 18.6 Å². The fourth-order valence-electron chi connectivity index (χ4n) is 3.75. The number of hydrogen-bond acceptors (Lipinski definition) is 4. The van der Waals surface area contributed by atoms with Gasteiger partial charge in [-0.1, -0.05) is 32.9 Å². The van der Waals surface area contributed by atoms with E-state index in [1.54, 1.807) is 0 Å². The summed E-state index contributed by atoms with van der Waals surface area (Å²) in [5, 5.41) is 10.3. The van der Waals surface area contributed by atoms with Gasteiger partial charge in [0, 0.05) is 25.1 Å². The standard InChI is InChI=1S/C20H31NO3/c1-19(2,3)16-4-6-18(7-5-16)24-13-17(22)12-21-10-8-20(14-21)9-11-23-15-20/h4-7,17,22H,8-15H2,1-3H3. The number of aliphatic hydroxyl groups excluding tert-OH is 1. The van der Waals surface area contributed by atoms with Crippen LogP contribution in [0.25, 0.3) is 0 Å². The molecule has 4 heteroatoms. The lowest BCUT2D eigenvalue weighted by Crippen LogP contribution is -2.36. The first kappa shape index (κ1) is 17.7. The maximum atomic E-state index is 10.3. The molecule has 0 amide bonds. The first-order valence-corrected chi connectivity index (χ1v) is 9.08. The fourth-order valence-corrected chi connectivity index (χ4v) is 3.75. The Bertz CT molecular complexity index is 529. The minimum Gasteiger partial charge on any atom is -0.491 e. The fraction of sp³-hybridized carbons (Fsp3) is 0.700. The summed E-state index contributed by atoms with van der Waals surface area (Å²) in [4.78, 5) is 2.35. The highest BCUT2D eigenvalue weighted by atomic mass is 16.5. The zero-order valence-electron chi connectivity index (χ0n) is 15.3. The van der Waals surface area contributed by atoms with Crippen LogP contribution in [0.5, 0.6) is 5.75 Å². The molecular formula is C20H31NO3. The lowest BCUT2D eigenvalue weighted by atomic mass is 9.87. The molecule has 0 aliphatic carbocycles. The van der Waals surface area contributed by atoms with E-state index in [1.165, 1.54) is 12.0 Å². The van der Waals surface area contributed by atoms with Crippen molar-refractivity contribution in [2.45, 2.75) is 45.1 Å². The Balaban J connectivity index is 1.43. The quantitative estimate of drug-likeness (QED) is 0.900. The first-order valence-electron chi connectivity index (χ1n) is 9.08. The molecule has 1 spiro atoms. The summed E-state index contributed by atoms with van der Waals surface area (Å²) in [5.74, 6) is 0.823. The van der Waals surface area contributed by atoms with Crippen molar-refractivity contribution in [3.8, 4) is 5.75 Å². The lowest BCUT2D eigenvalue weighted by molar-refractivity contribution is 0.0705. The average Bonchev–Trinajstić information content (AvgIpc) is 3.15. The number of aliphatic hydroxyl groups is 1. The number of nitrogens with zero attached hydrogens (tertiary/aromatic N) is 1. The summed E-state index contributed by atoms with van der Waals surface area (Å²) in [6.45, 7) is 11.5. The third-order valence-corrected chi connectivity index (χ3v) is 5.33. The minimum atomic E-state index is -0.454. The summed E-state index contributed by atoms with van der Waals surface area (Å²) in [6.07, 6.45) is 1.90. The third kappa shape index (κ3) is 4.29. The smallest absolute Gasteiger partial charge is 0.119 e. The van der Waals surface area contributed by atoms with Gasteiger partial charge in [-0.2, -0.15) is 0 Å².